The van der Waals surface area contributed by atoms with Crippen molar-refractivity contribution < 1.29 is 4.79 Å². The first-order valence-electron chi connectivity index (χ1n) is 10.7. The summed E-state index contributed by atoms with van der Waals surface area (Å²) in [4.78, 5) is 17.9. The molecule has 1 aromatic heterocycles. The van der Waals surface area contributed by atoms with Crippen LogP contribution in [0, 0.1) is 25.7 Å². The van der Waals surface area contributed by atoms with Crippen molar-refractivity contribution in [2.45, 2.75) is 53.5 Å². The minimum atomic E-state index is 0.0400. The fourth-order valence-electron chi connectivity index (χ4n) is 4.08. The zero-order valence-corrected chi connectivity index (χ0v) is 18.1. The van der Waals surface area contributed by atoms with Crippen LogP contribution in [0.1, 0.15) is 49.2 Å². The number of benzene rings is 1. The number of aromatic nitrogens is 1. The summed E-state index contributed by atoms with van der Waals surface area (Å²) in [6.45, 7) is 10.6. The van der Waals surface area contributed by atoms with Crippen molar-refractivity contribution in [3.8, 4) is 11.1 Å². The number of nitrogens with two attached hydrogens (primary N) is 1. The van der Waals surface area contributed by atoms with Gasteiger partial charge in [0.25, 0.3) is 0 Å². The molecule has 0 aliphatic carbocycles. The van der Waals surface area contributed by atoms with Gasteiger partial charge in [-0.05, 0) is 63.2 Å². The van der Waals surface area contributed by atoms with Gasteiger partial charge in [0.15, 0.2) is 0 Å². The standard InChI is InChI=1S/C24H34N4O/c1-15(2)13-21-20(14-25)22(18-7-5-16(3)6-8-18)23(17(4)27-21)28-24(29)19-9-11-26-12-10-19/h5-8,15,19,26H,9-14,25H2,1-4H3,(H,28,29). The van der Waals surface area contributed by atoms with Crippen molar-refractivity contribution in [2.75, 3.05) is 18.4 Å². The van der Waals surface area contributed by atoms with Crippen LogP contribution in [0.15, 0.2) is 24.3 Å². The Kier molecular flexibility index (Phi) is 7.04. The highest BCUT2D eigenvalue weighted by Crippen LogP contribution is 2.36. The highest BCUT2D eigenvalue weighted by Gasteiger charge is 2.25. The molecule has 5 nitrogen and oxygen atoms in total. The smallest absolute Gasteiger partial charge is 0.227 e. The molecule has 29 heavy (non-hydrogen) atoms. The summed E-state index contributed by atoms with van der Waals surface area (Å²) in [6, 6.07) is 8.43. The van der Waals surface area contributed by atoms with Crippen molar-refractivity contribution in [1.82, 2.24) is 10.3 Å². The van der Waals surface area contributed by atoms with E-state index in [1.807, 2.05) is 6.92 Å². The minimum absolute atomic E-state index is 0.0400. The van der Waals surface area contributed by atoms with Gasteiger partial charge in [-0.3, -0.25) is 9.78 Å². The Morgan fingerprint density at radius 2 is 1.86 bits per heavy atom. The Morgan fingerprint density at radius 1 is 1.21 bits per heavy atom. The molecule has 2 heterocycles. The third-order valence-corrected chi connectivity index (χ3v) is 5.67. The predicted molar refractivity (Wildman–Crippen MR) is 120 cm³/mol. The number of piperidine rings is 1. The number of pyridine rings is 1. The number of nitrogens with zero attached hydrogens (tertiary/aromatic N) is 1. The second-order valence-corrected chi connectivity index (χ2v) is 8.55. The molecule has 1 aromatic carbocycles. The number of anilines is 1. The summed E-state index contributed by atoms with van der Waals surface area (Å²) in [5.41, 5.74) is 13.3. The zero-order chi connectivity index (χ0) is 21.0. The quantitative estimate of drug-likeness (QED) is 0.693. The maximum absolute atomic E-state index is 13.0. The van der Waals surface area contributed by atoms with Gasteiger partial charge in [0.2, 0.25) is 5.91 Å². The lowest BCUT2D eigenvalue weighted by atomic mass is 9.91. The van der Waals surface area contributed by atoms with E-state index in [9.17, 15) is 4.79 Å². The number of amides is 1. The molecular weight excluding hydrogens is 360 g/mol. The highest BCUT2D eigenvalue weighted by atomic mass is 16.1. The monoisotopic (exact) mass is 394 g/mol. The van der Waals surface area contributed by atoms with Gasteiger partial charge in [0.05, 0.1) is 11.4 Å². The molecule has 0 atom stereocenters. The molecule has 5 heteroatoms. The van der Waals surface area contributed by atoms with Crippen LogP contribution < -0.4 is 16.4 Å². The van der Waals surface area contributed by atoms with Gasteiger partial charge in [-0.15, -0.1) is 0 Å². The first-order valence-corrected chi connectivity index (χ1v) is 10.7. The van der Waals surface area contributed by atoms with Crippen LogP contribution in [-0.4, -0.2) is 24.0 Å². The third-order valence-electron chi connectivity index (χ3n) is 5.67. The van der Waals surface area contributed by atoms with Crippen LogP contribution in [-0.2, 0) is 17.8 Å². The Hall–Kier alpha value is -2.24. The van der Waals surface area contributed by atoms with Crippen molar-refractivity contribution in [3.05, 3.63) is 46.8 Å². The van der Waals surface area contributed by atoms with Gasteiger partial charge in [0.1, 0.15) is 0 Å². The molecule has 3 rings (SSSR count). The van der Waals surface area contributed by atoms with Gasteiger partial charge in [-0.1, -0.05) is 43.7 Å². The van der Waals surface area contributed by atoms with Crippen LogP contribution >= 0.6 is 0 Å². The van der Waals surface area contributed by atoms with E-state index in [2.05, 4.69) is 55.7 Å². The molecule has 0 spiro atoms. The lowest BCUT2D eigenvalue weighted by Crippen LogP contribution is -2.35. The largest absolute Gasteiger partial charge is 0.326 e. The third kappa shape index (κ3) is 5.03. The Labute approximate surface area is 174 Å². The van der Waals surface area contributed by atoms with Crippen molar-refractivity contribution >= 4 is 11.6 Å². The second kappa shape index (κ2) is 9.51. The Balaban J connectivity index is 2.10. The highest BCUT2D eigenvalue weighted by molar-refractivity contribution is 5.98. The van der Waals surface area contributed by atoms with E-state index in [0.29, 0.717) is 12.5 Å². The molecule has 1 aliphatic rings. The Bertz CT molecular complexity index is 852. The molecule has 4 N–H and O–H groups in total. The van der Waals surface area contributed by atoms with Gasteiger partial charge < -0.3 is 16.4 Å². The zero-order valence-electron chi connectivity index (χ0n) is 18.1. The number of carbonyl (C=O) groups excluding carboxylic acids is 1. The minimum Gasteiger partial charge on any atom is -0.326 e. The average molecular weight is 395 g/mol. The van der Waals surface area contributed by atoms with Gasteiger partial charge in [-0.2, -0.15) is 0 Å². The van der Waals surface area contributed by atoms with Crippen LogP contribution in [0.4, 0.5) is 5.69 Å². The van der Waals surface area contributed by atoms with Gasteiger partial charge in [-0.25, -0.2) is 0 Å². The number of carbonyl (C=O) groups is 1. The normalized spacial score (nSPS) is 15.0. The van der Waals surface area contributed by atoms with Gasteiger partial charge >= 0.3 is 0 Å². The lowest BCUT2D eigenvalue weighted by molar-refractivity contribution is -0.120. The maximum atomic E-state index is 13.0. The molecule has 1 saturated heterocycles. The molecule has 1 amide bonds. The summed E-state index contributed by atoms with van der Waals surface area (Å²) in [7, 11) is 0. The molecule has 0 unspecified atom stereocenters. The first kappa shape index (κ1) is 21.5. The SMILES string of the molecule is Cc1ccc(-c2c(CN)c(CC(C)C)nc(C)c2NC(=O)C2CCNCC2)cc1. The molecule has 0 radical (unpaired) electrons. The summed E-state index contributed by atoms with van der Waals surface area (Å²) in [6.07, 6.45) is 2.61. The second-order valence-electron chi connectivity index (χ2n) is 8.55. The van der Waals surface area contributed by atoms with Crippen molar-refractivity contribution in [1.29, 1.82) is 0 Å². The number of aryl methyl sites for hydroxylation is 2. The molecule has 1 aliphatic heterocycles. The summed E-state index contributed by atoms with van der Waals surface area (Å²) in [5.74, 6) is 0.607. The van der Waals surface area contributed by atoms with E-state index in [4.69, 9.17) is 10.7 Å². The van der Waals surface area contributed by atoms with E-state index in [1.165, 1.54) is 5.56 Å². The van der Waals surface area contributed by atoms with E-state index in [-0.39, 0.29) is 11.8 Å². The Morgan fingerprint density at radius 3 is 2.45 bits per heavy atom. The average Bonchev–Trinajstić information content (AvgIpc) is 2.70. The molecule has 1 fully saturated rings. The summed E-state index contributed by atoms with van der Waals surface area (Å²) < 4.78 is 0. The number of hydrogen-bond donors (Lipinski definition) is 3. The summed E-state index contributed by atoms with van der Waals surface area (Å²) >= 11 is 0. The fourth-order valence-corrected chi connectivity index (χ4v) is 4.08. The van der Waals surface area contributed by atoms with E-state index >= 15 is 0 Å². The summed E-state index contributed by atoms with van der Waals surface area (Å²) in [5, 5.41) is 6.55. The van der Waals surface area contributed by atoms with E-state index < -0.39 is 0 Å². The molecule has 156 valence electrons. The number of hydrogen-bond acceptors (Lipinski definition) is 4. The van der Waals surface area contributed by atoms with Crippen molar-refractivity contribution in [2.24, 2.45) is 17.6 Å². The lowest BCUT2D eigenvalue weighted by Gasteiger charge is -2.25. The van der Waals surface area contributed by atoms with Crippen LogP contribution in [0.3, 0.4) is 0 Å². The molecule has 0 bridgehead atoms. The van der Waals surface area contributed by atoms with Gasteiger partial charge in [0, 0.05) is 23.7 Å². The predicted octanol–water partition coefficient (Wildman–Crippen LogP) is 3.96. The first-order chi connectivity index (χ1) is 13.9. The fraction of sp³-hybridized carbons (Fsp3) is 0.500. The molecular formula is C24H34N4O. The number of rotatable bonds is 6. The van der Waals surface area contributed by atoms with Crippen molar-refractivity contribution in [3.63, 3.8) is 0 Å². The topological polar surface area (TPSA) is 80.0 Å². The van der Waals surface area contributed by atoms with E-state index in [0.717, 1.165) is 66.1 Å². The molecule has 0 saturated carbocycles. The molecule has 2 aromatic rings. The maximum Gasteiger partial charge on any atom is 0.227 e. The van der Waals surface area contributed by atoms with E-state index in [1.54, 1.807) is 0 Å². The number of nitrogens with one attached hydrogen (secondary N) is 2. The van der Waals surface area contributed by atoms with Crippen LogP contribution in [0.25, 0.3) is 11.1 Å². The van der Waals surface area contributed by atoms with Crippen LogP contribution in [0.2, 0.25) is 0 Å². The van der Waals surface area contributed by atoms with Crippen LogP contribution in [0.5, 0.6) is 0 Å².